The Morgan fingerprint density at radius 3 is 2.71 bits per heavy atom. The van der Waals surface area contributed by atoms with Crippen LogP contribution in [0.5, 0.6) is 0 Å². The second-order valence-electron chi connectivity index (χ2n) is 4.87. The monoisotopic (exact) mass is 316 g/mol. The second kappa shape index (κ2) is 6.39. The number of amides is 2. The lowest BCUT2D eigenvalue weighted by Crippen LogP contribution is -2.45. The van der Waals surface area contributed by atoms with Crippen LogP contribution in [0.3, 0.4) is 0 Å². The van der Waals surface area contributed by atoms with Gasteiger partial charge in [0.1, 0.15) is 11.9 Å². The number of halogens is 3. The van der Waals surface area contributed by atoms with Gasteiger partial charge in [-0.15, -0.1) is 0 Å². The molecular formula is C14H15ClF2N2O2. The zero-order valence-electron chi connectivity index (χ0n) is 11.5. The van der Waals surface area contributed by atoms with Gasteiger partial charge in [-0.3, -0.25) is 9.59 Å². The highest BCUT2D eigenvalue weighted by atomic mass is 35.5. The highest BCUT2D eigenvalue weighted by molar-refractivity contribution is 6.34. The van der Waals surface area contributed by atoms with Crippen molar-refractivity contribution in [1.29, 1.82) is 0 Å². The Balaban J connectivity index is 2.41. The average molecular weight is 317 g/mol. The van der Waals surface area contributed by atoms with E-state index < -0.39 is 23.6 Å². The first-order valence-corrected chi connectivity index (χ1v) is 7.07. The Morgan fingerprint density at radius 2 is 2.10 bits per heavy atom. The molecule has 0 saturated carbocycles. The summed E-state index contributed by atoms with van der Waals surface area (Å²) in [6, 6.07) is 0.900. The molecule has 1 aromatic carbocycles. The average Bonchev–Trinajstić information content (AvgIpc) is 2.51. The summed E-state index contributed by atoms with van der Waals surface area (Å²) < 4.78 is 27.1. The molecule has 0 spiro atoms. The lowest BCUT2D eigenvalue weighted by Gasteiger charge is -2.25. The van der Waals surface area contributed by atoms with Crippen molar-refractivity contribution in [3.63, 3.8) is 0 Å². The molecule has 2 rings (SSSR count). The molecule has 1 aromatic rings. The van der Waals surface area contributed by atoms with E-state index in [2.05, 4.69) is 5.32 Å². The fourth-order valence-electron chi connectivity index (χ4n) is 2.34. The van der Waals surface area contributed by atoms with Crippen molar-refractivity contribution in [2.45, 2.75) is 32.2 Å². The summed E-state index contributed by atoms with van der Waals surface area (Å²) in [6.07, 6.45) is 1.17. The minimum absolute atomic E-state index is 0.00710. The Hall–Kier alpha value is -1.69. The molecule has 1 unspecified atom stereocenters. The number of anilines is 1. The van der Waals surface area contributed by atoms with Gasteiger partial charge >= 0.3 is 0 Å². The van der Waals surface area contributed by atoms with Crippen LogP contribution in [-0.4, -0.2) is 24.4 Å². The molecule has 0 radical (unpaired) electrons. The van der Waals surface area contributed by atoms with Crippen LogP contribution in [0.4, 0.5) is 14.5 Å². The van der Waals surface area contributed by atoms with Crippen molar-refractivity contribution in [3.05, 3.63) is 28.8 Å². The number of nitrogens with zero attached hydrogens (tertiary/aromatic N) is 1. The lowest BCUT2D eigenvalue weighted by molar-refractivity contribution is -0.125. The molecule has 1 aliphatic rings. The molecule has 1 N–H and O–H groups in total. The first kappa shape index (κ1) is 15.7. The van der Waals surface area contributed by atoms with E-state index in [9.17, 15) is 18.4 Å². The van der Waals surface area contributed by atoms with Gasteiger partial charge in [0.25, 0.3) is 0 Å². The molecule has 114 valence electrons. The first-order valence-electron chi connectivity index (χ1n) is 6.69. The third-order valence-corrected chi connectivity index (χ3v) is 3.58. The number of carbonyl (C=O) groups is 2. The Labute approximate surface area is 126 Å². The number of nitrogens with one attached hydrogen (secondary N) is 1. The standard InChI is InChI=1S/C14H15ClF2N2O2/c1-2-3-11-14(21)19(5-4-12(20)18-11)13-9(15)6-8(16)7-10(13)17/h6-7,11H,2-5H2,1H3,(H,18,20). The van der Waals surface area contributed by atoms with Gasteiger partial charge < -0.3 is 10.2 Å². The zero-order valence-corrected chi connectivity index (χ0v) is 12.2. The van der Waals surface area contributed by atoms with E-state index in [0.29, 0.717) is 18.9 Å². The van der Waals surface area contributed by atoms with Crippen molar-refractivity contribution in [2.24, 2.45) is 0 Å². The summed E-state index contributed by atoms with van der Waals surface area (Å²) in [7, 11) is 0. The molecule has 7 heteroatoms. The summed E-state index contributed by atoms with van der Waals surface area (Å²) in [5.41, 5.74) is -0.180. The molecule has 1 aliphatic heterocycles. The van der Waals surface area contributed by atoms with E-state index in [1.807, 2.05) is 6.92 Å². The summed E-state index contributed by atoms with van der Waals surface area (Å²) in [5.74, 6) is -2.45. The number of hydrogen-bond acceptors (Lipinski definition) is 2. The topological polar surface area (TPSA) is 49.4 Å². The van der Waals surface area contributed by atoms with E-state index in [-0.39, 0.29) is 29.6 Å². The predicted molar refractivity (Wildman–Crippen MR) is 75.2 cm³/mol. The quantitative estimate of drug-likeness (QED) is 0.932. The maximum absolute atomic E-state index is 14.0. The van der Waals surface area contributed by atoms with Crippen LogP contribution >= 0.6 is 11.6 Å². The van der Waals surface area contributed by atoms with Crippen molar-refractivity contribution in [2.75, 3.05) is 11.4 Å². The van der Waals surface area contributed by atoms with E-state index in [4.69, 9.17) is 11.6 Å². The van der Waals surface area contributed by atoms with Gasteiger partial charge in [-0.05, 0) is 12.5 Å². The molecule has 1 saturated heterocycles. The van der Waals surface area contributed by atoms with Crippen LogP contribution in [0.25, 0.3) is 0 Å². The van der Waals surface area contributed by atoms with E-state index in [1.165, 1.54) is 0 Å². The largest absolute Gasteiger partial charge is 0.344 e. The van der Waals surface area contributed by atoms with Crippen LogP contribution < -0.4 is 10.2 Å². The van der Waals surface area contributed by atoms with Crippen molar-refractivity contribution in [3.8, 4) is 0 Å². The van der Waals surface area contributed by atoms with Crippen LogP contribution in [0.1, 0.15) is 26.2 Å². The minimum atomic E-state index is -0.919. The smallest absolute Gasteiger partial charge is 0.249 e. The van der Waals surface area contributed by atoms with Crippen LogP contribution in [0, 0.1) is 11.6 Å². The maximum Gasteiger partial charge on any atom is 0.249 e. The summed E-state index contributed by atoms with van der Waals surface area (Å²) in [5, 5.41) is 2.42. The highest BCUT2D eigenvalue weighted by Crippen LogP contribution is 2.31. The fourth-order valence-corrected chi connectivity index (χ4v) is 2.64. The Morgan fingerprint density at radius 1 is 1.38 bits per heavy atom. The summed E-state index contributed by atoms with van der Waals surface area (Å²) in [4.78, 5) is 25.2. The van der Waals surface area contributed by atoms with E-state index >= 15 is 0 Å². The molecule has 1 heterocycles. The highest BCUT2D eigenvalue weighted by Gasteiger charge is 2.32. The minimum Gasteiger partial charge on any atom is -0.344 e. The molecule has 1 fully saturated rings. The normalized spacial score (nSPS) is 19.4. The SMILES string of the molecule is CCCC1NC(=O)CCN(c2c(F)cc(F)cc2Cl)C1=O. The van der Waals surface area contributed by atoms with Gasteiger partial charge in [0.15, 0.2) is 5.82 Å². The lowest BCUT2D eigenvalue weighted by atomic mass is 10.1. The van der Waals surface area contributed by atoms with Gasteiger partial charge in [0.05, 0.1) is 10.7 Å². The van der Waals surface area contributed by atoms with E-state index in [0.717, 1.165) is 11.0 Å². The molecule has 0 bridgehead atoms. The molecule has 1 atom stereocenters. The molecular weight excluding hydrogens is 302 g/mol. The van der Waals surface area contributed by atoms with Crippen LogP contribution in [0.15, 0.2) is 12.1 Å². The maximum atomic E-state index is 14.0. The third kappa shape index (κ3) is 3.32. The van der Waals surface area contributed by atoms with Crippen molar-refractivity contribution in [1.82, 2.24) is 5.32 Å². The van der Waals surface area contributed by atoms with Gasteiger partial charge in [0, 0.05) is 19.0 Å². The molecule has 4 nitrogen and oxygen atoms in total. The Kier molecular flexibility index (Phi) is 4.77. The van der Waals surface area contributed by atoms with Crippen LogP contribution in [-0.2, 0) is 9.59 Å². The Bertz CT molecular complexity index is 557. The molecule has 21 heavy (non-hydrogen) atoms. The summed E-state index contributed by atoms with van der Waals surface area (Å²) >= 11 is 5.87. The fraction of sp³-hybridized carbons (Fsp3) is 0.429. The van der Waals surface area contributed by atoms with Gasteiger partial charge in [-0.2, -0.15) is 0 Å². The van der Waals surface area contributed by atoms with Gasteiger partial charge in [0.2, 0.25) is 11.8 Å². The molecule has 2 amide bonds. The number of benzene rings is 1. The second-order valence-corrected chi connectivity index (χ2v) is 5.27. The predicted octanol–water partition coefficient (Wildman–Crippen LogP) is 2.64. The molecule has 0 aromatic heterocycles. The number of rotatable bonds is 3. The summed E-state index contributed by atoms with van der Waals surface area (Å²) in [6.45, 7) is 1.88. The van der Waals surface area contributed by atoms with Crippen molar-refractivity contribution < 1.29 is 18.4 Å². The van der Waals surface area contributed by atoms with Gasteiger partial charge in [-0.1, -0.05) is 24.9 Å². The first-order chi connectivity index (χ1) is 9.93. The van der Waals surface area contributed by atoms with Crippen LogP contribution in [0.2, 0.25) is 5.02 Å². The van der Waals surface area contributed by atoms with Gasteiger partial charge in [-0.25, -0.2) is 8.78 Å². The van der Waals surface area contributed by atoms with Crippen molar-refractivity contribution >= 4 is 29.1 Å². The molecule has 0 aliphatic carbocycles. The van der Waals surface area contributed by atoms with E-state index in [1.54, 1.807) is 0 Å². The third-order valence-electron chi connectivity index (χ3n) is 3.29. The number of hydrogen-bond donors (Lipinski definition) is 1. The number of carbonyl (C=O) groups excluding carboxylic acids is 2. The zero-order chi connectivity index (χ0) is 15.6.